The van der Waals surface area contributed by atoms with Gasteiger partial charge in [-0.1, -0.05) is 0 Å². The molecule has 0 aromatic carbocycles. The second-order valence-corrected chi connectivity index (χ2v) is 3.56. The molecular weight excluding hydrogens is 194 g/mol. The van der Waals surface area contributed by atoms with Crippen LogP contribution in [0.15, 0.2) is 12.3 Å². The van der Waals surface area contributed by atoms with Crippen LogP contribution in [0.1, 0.15) is 17.2 Å². The highest BCUT2D eigenvalue weighted by molar-refractivity contribution is 5.42. The van der Waals surface area contributed by atoms with Gasteiger partial charge in [0, 0.05) is 18.3 Å². The van der Waals surface area contributed by atoms with Crippen LogP contribution in [0, 0.1) is 6.92 Å². The fourth-order valence-electron chi connectivity index (χ4n) is 1.37. The van der Waals surface area contributed by atoms with Crippen LogP contribution in [0.25, 0.3) is 0 Å². The number of aliphatic hydroxyl groups is 2. The van der Waals surface area contributed by atoms with Gasteiger partial charge in [0.1, 0.15) is 11.9 Å². The number of nitrogens with one attached hydrogen (secondary N) is 1. The van der Waals surface area contributed by atoms with Crippen LogP contribution in [0.2, 0.25) is 0 Å². The number of aliphatic hydroxyl groups excluding tert-OH is 2. The zero-order valence-electron chi connectivity index (χ0n) is 8.94. The molecule has 0 bridgehead atoms. The summed E-state index contributed by atoms with van der Waals surface area (Å²) >= 11 is 0. The van der Waals surface area contributed by atoms with Crippen molar-refractivity contribution in [2.24, 2.45) is 0 Å². The molecule has 1 heterocycles. The van der Waals surface area contributed by atoms with Crippen LogP contribution >= 0.6 is 0 Å². The summed E-state index contributed by atoms with van der Waals surface area (Å²) < 4.78 is 0. The molecule has 0 radical (unpaired) electrons. The van der Waals surface area contributed by atoms with Gasteiger partial charge in [-0.2, -0.15) is 0 Å². The lowest BCUT2D eigenvalue weighted by Gasteiger charge is -2.19. The van der Waals surface area contributed by atoms with E-state index in [1.54, 1.807) is 19.3 Å². The Morgan fingerprint density at radius 1 is 1.53 bits per heavy atom. The standard InChI is InChI=1S/C10H17N3O2/c1-6-3-7(10(11)13-4-6)9(15)8(14)5-12-2/h3-4,8-9,12,14-15H,5H2,1-2H3,(H2,11,13). The fraction of sp³-hybridized carbons (Fsp3) is 0.500. The van der Waals surface area contributed by atoms with E-state index in [0.717, 1.165) is 5.56 Å². The Bertz CT molecular complexity index is 330. The molecular formula is C10H17N3O2. The third kappa shape index (κ3) is 2.89. The molecule has 15 heavy (non-hydrogen) atoms. The van der Waals surface area contributed by atoms with Gasteiger partial charge in [-0.05, 0) is 25.6 Å². The molecule has 0 fully saturated rings. The predicted molar refractivity (Wildman–Crippen MR) is 58.3 cm³/mol. The molecule has 2 atom stereocenters. The molecule has 5 nitrogen and oxygen atoms in total. The average molecular weight is 211 g/mol. The van der Waals surface area contributed by atoms with Gasteiger partial charge in [-0.3, -0.25) is 0 Å². The van der Waals surface area contributed by atoms with Gasteiger partial charge in [0.25, 0.3) is 0 Å². The van der Waals surface area contributed by atoms with E-state index in [0.29, 0.717) is 12.1 Å². The van der Waals surface area contributed by atoms with Gasteiger partial charge in [0.15, 0.2) is 0 Å². The van der Waals surface area contributed by atoms with E-state index in [1.165, 1.54) is 0 Å². The number of nitrogens with zero attached hydrogens (tertiary/aromatic N) is 1. The maximum Gasteiger partial charge on any atom is 0.129 e. The monoisotopic (exact) mass is 211 g/mol. The number of hydrogen-bond acceptors (Lipinski definition) is 5. The van der Waals surface area contributed by atoms with Gasteiger partial charge in [-0.15, -0.1) is 0 Å². The quantitative estimate of drug-likeness (QED) is 0.543. The van der Waals surface area contributed by atoms with E-state index in [9.17, 15) is 10.2 Å². The van der Waals surface area contributed by atoms with E-state index in [1.807, 2.05) is 6.92 Å². The molecule has 1 aromatic heterocycles. The second kappa shape index (κ2) is 5.06. The SMILES string of the molecule is CNCC(O)C(O)c1cc(C)cnc1N. The Kier molecular flexibility index (Phi) is 4.02. The third-order valence-electron chi connectivity index (χ3n) is 2.18. The minimum absolute atomic E-state index is 0.253. The lowest BCUT2D eigenvalue weighted by Crippen LogP contribution is -2.30. The Hall–Kier alpha value is -1.17. The van der Waals surface area contributed by atoms with E-state index >= 15 is 0 Å². The number of rotatable bonds is 4. The first-order chi connectivity index (χ1) is 7.06. The first kappa shape index (κ1) is 11.9. The number of nitrogen functional groups attached to an aromatic ring is 1. The first-order valence-electron chi connectivity index (χ1n) is 4.79. The minimum Gasteiger partial charge on any atom is -0.389 e. The van der Waals surface area contributed by atoms with Crippen LogP contribution in [-0.2, 0) is 0 Å². The molecule has 0 saturated heterocycles. The molecule has 0 saturated carbocycles. The van der Waals surface area contributed by atoms with E-state index in [-0.39, 0.29) is 5.82 Å². The van der Waals surface area contributed by atoms with Crippen molar-refractivity contribution in [3.05, 3.63) is 23.4 Å². The van der Waals surface area contributed by atoms with Crippen molar-refractivity contribution in [1.29, 1.82) is 0 Å². The van der Waals surface area contributed by atoms with Crippen molar-refractivity contribution in [1.82, 2.24) is 10.3 Å². The van der Waals surface area contributed by atoms with E-state index in [2.05, 4.69) is 10.3 Å². The van der Waals surface area contributed by atoms with Crippen LogP contribution < -0.4 is 11.1 Å². The Morgan fingerprint density at radius 2 is 2.20 bits per heavy atom. The highest BCUT2D eigenvalue weighted by Gasteiger charge is 2.20. The smallest absolute Gasteiger partial charge is 0.129 e. The van der Waals surface area contributed by atoms with Crippen molar-refractivity contribution in [3.63, 3.8) is 0 Å². The summed E-state index contributed by atoms with van der Waals surface area (Å²) in [6, 6.07) is 1.73. The number of hydrogen-bond donors (Lipinski definition) is 4. The molecule has 5 N–H and O–H groups in total. The highest BCUT2D eigenvalue weighted by atomic mass is 16.3. The molecule has 84 valence electrons. The second-order valence-electron chi connectivity index (χ2n) is 3.56. The molecule has 0 aliphatic carbocycles. The molecule has 0 aliphatic heterocycles. The molecule has 1 aromatic rings. The summed E-state index contributed by atoms with van der Waals surface area (Å²) in [6.07, 6.45) is -0.276. The first-order valence-corrected chi connectivity index (χ1v) is 4.79. The molecule has 5 heteroatoms. The van der Waals surface area contributed by atoms with Gasteiger partial charge in [0.05, 0.1) is 6.10 Å². The van der Waals surface area contributed by atoms with Crippen molar-refractivity contribution >= 4 is 5.82 Å². The summed E-state index contributed by atoms with van der Waals surface area (Å²) in [6.45, 7) is 2.15. The van der Waals surface area contributed by atoms with Gasteiger partial charge < -0.3 is 21.3 Å². The predicted octanol–water partition coefficient (Wildman–Crippen LogP) is -0.414. The third-order valence-corrected chi connectivity index (χ3v) is 2.18. The van der Waals surface area contributed by atoms with E-state index in [4.69, 9.17) is 5.73 Å². The van der Waals surface area contributed by atoms with Crippen LogP contribution in [-0.4, -0.2) is 34.9 Å². The summed E-state index contributed by atoms with van der Waals surface area (Å²) in [7, 11) is 1.70. The fourth-order valence-corrected chi connectivity index (χ4v) is 1.37. The largest absolute Gasteiger partial charge is 0.389 e. The number of nitrogens with two attached hydrogens (primary N) is 1. The Balaban J connectivity index is 2.89. The number of likely N-dealkylation sites (N-methyl/N-ethyl adjacent to an activating group) is 1. The normalized spacial score (nSPS) is 14.9. The number of pyridine rings is 1. The molecule has 1 rings (SSSR count). The van der Waals surface area contributed by atoms with E-state index < -0.39 is 12.2 Å². The lowest BCUT2D eigenvalue weighted by molar-refractivity contribution is 0.0205. The highest BCUT2D eigenvalue weighted by Crippen LogP contribution is 2.22. The molecule has 0 spiro atoms. The Morgan fingerprint density at radius 3 is 2.80 bits per heavy atom. The van der Waals surface area contributed by atoms with Crippen LogP contribution in [0.3, 0.4) is 0 Å². The maximum atomic E-state index is 9.82. The van der Waals surface area contributed by atoms with Crippen LogP contribution in [0.4, 0.5) is 5.82 Å². The average Bonchev–Trinajstić information content (AvgIpc) is 2.21. The summed E-state index contributed by atoms with van der Waals surface area (Å²) in [5.41, 5.74) is 6.99. The number of anilines is 1. The van der Waals surface area contributed by atoms with Gasteiger partial charge in [-0.25, -0.2) is 4.98 Å². The molecule has 0 aliphatic rings. The van der Waals surface area contributed by atoms with Gasteiger partial charge >= 0.3 is 0 Å². The molecule has 0 amide bonds. The summed E-state index contributed by atoms with van der Waals surface area (Å²) in [5.74, 6) is 0.253. The van der Waals surface area contributed by atoms with Gasteiger partial charge in [0.2, 0.25) is 0 Å². The maximum absolute atomic E-state index is 9.82. The Labute approximate surface area is 89.0 Å². The van der Waals surface area contributed by atoms with Crippen LogP contribution in [0.5, 0.6) is 0 Å². The minimum atomic E-state index is -1.01. The van der Waals surface area contributed by atoms with Crippen molar-refractivity contribution in [3.8, 4) is 0 Å². The van der Waals surface area contributed by atoms with Crippen molar-refractivity contribution in [2.45, 2.75) is 19.1 Å². The lowest BCUT2D eigenvalue weighted by atomic mass is 10.0. The zero-order chi connectivity index (χ0) is 11.4. The number of aryl methyl sites for hydroxylation is 1. The number of aromatic nitrogens is 1. The van der Waals surface area contributed by atoms with Crippen molar-refractivity contribution in [2.75, 3.05) is 19.3 Å². The summed E-state index contributed by atoms with van der Waals surface area (Å²) in [4.78, 5) is 3.93. The summed E-state index contributed by atoms with van der Waals surface area (Å²) in [5, 5.41) is 22.2. The zero-order valence-corrected chi connectivity index (χ0v) is 8.94. The molecule has 2 unspecified atom stereocenters. The topological polar surface area (TPSA) is 91.4 Å². The van der Waals surface area contributed by atoms with Crippen molar-refractivity contribution < 1.29 is 10.2 Å².